The van der Waals surface area contributed by atoms with Crippen LogP contribution in [-0.4, -0.2) is 65.9 Å². The summed E-state index contributed by atoms with van der Waals surface area (Å²) >= 11 is 48.3. The van der Waals surface area contributed by atoms with Crippen LogP contribution in [0, 0.1) is 0 Å². The first-order chi connectivity index (χ1) is 35.4. The molecule has 24 heteroatoms. The molecular weight excluding hydrogens is 1320 g/mol. The van der Waals surface area contributed by atoms with E-state index in [0.717, 1.165) is 42.3 Å². The van der Waals surface area contributed by atoms with Gasteiger partial charge in [0.25, 0.3) is 0 Å². The first-order valence-electron chi connectivity index (χ1n) is 21.6. The summed E-state index contributed by atoms with van der Waals surface area (Å²) in [5, 5.41) is 17.6. The van der Waals surface area contributed by atoms with Crippen LogP contribution in [0.3, 0.4) is 0 Å². The molecule has 7 aromatic rings. The van der Waals surface area contributed by atoms with Gasteiger partial charge in [0.1, 0.15) is 18.5 Å². The summed E-state index contributed by atoms with van der Waals surface area (Å²) in [7, 11) is 1.39. The first-order valence-corrected chi connectivity index (χ1v) is 32.0. The van der Waals surface area contributed by atoms with Gasteiger partial charge < -0.3 is 28.5 Å². The van der Waals surface area contributed by atoms with E-state index in [1.165, 1.54) is 22.7 Å². The third-order valence-corrected chi connectivity index (χ3v) is 16.6. The van der Waals surface area contributed by atoms with E-state index in [2.05, 4.69) is 60.8 Å². The summed E-state index contributed by atoms with van der Waals surface area (Å²) in [6, 6.07) is 28.4. The average molecular weight is 1380 g/mol. The number of carbonyl (C=O) groups is 3. The number of thiophene rings is 4. The Morgan fingerprint density at radius 3 is 1.51 bits per heavy atom. The Bertz CT molecular complexity index is 2720. The topological polar surface area (TPSA) is 118 Å². The van der Waals surface area contributed by atoms with Crippen molar-refractivity contribution in [3.63, 3.8) is 0 Å². The Morgan fingerprint density at radius 1 is 0.667 bits per heavy atom. The van der Waals surface area contributed by atoms with Crippen molar-refractivity contribution >= 4 is 168 Å². The van der Waals surface area contributed by atoms with Crippen LogP contribution in [0.5, 0.6) is 0 Å². The molecule has 0 bridgehead atoms. The number of ether oxygens (including phenoxy) is 4. The number of halogens is 9. The van der Waals surface area contributed by atoms with Crippen molar-refractivity contribution in [3.05, 3.63) is 188 Å². The number of aliphatic hydroxyl groups is 1. The third-order valence-electron chi connectivity index (χ3n) is 8.84. The molecule has 0 radical (unpaired) electrons. The molecule has 9 rings (SSSR count). The van der Waals surface area contributed by atoms with Crippen LogP contribution in [0.2, 0.25) is 49.8 Å². The predicted molar refractivity (Wildman–Crippen MR) is 316 cm³/mol. The van der Waals surface area contributed by atoms with Gasteiger partial charge in [0.15, 0.2) is 33.5 Å². The molecule has 414 valence electrons. The van der Waals surface area contributed by atoms with Crippen molar-refractivity contribution in [2.75, 3.05) is 33.6 Å². The van der Waals surface area contributed by atoms with Crippen LogP contribution in [-0.2, 0) is 38.5 Å². The Morgan fingerprint density at radius 2 is 1.11 bits per heavy atom. The molecule has 0 saturated carbocycles. The fourth-order valence-electron chi connectivity index (χ4n) is 5.94. The summed E-state index contributed by atoms with van der Waals surface area (Å²) in [4.78, 5) is 36.4. The maximum atomic E-state index is 11.0. The quantitative estimate of drug-likeness (QED) is 0.0998. The second-order valence-electron chi connectivity index (χ2n) is 15.2. The van der Waals surface area contributed by atoms with Crippen LogP contribution in [0.1, 0.15) is 101 Å². The summed E-state index contributed by atoms with van der Waals surface area (Å²) in [6.07, 6.45) is 0.848. The molecule has 1 N–H and O–H groups in total. The Hall–Kier alpha value is -1.59. The van der Waals surface area contributed by atoms with Crippen molar-refractivity contribution in [2.24, 2.45) is 0 Å². The molecule has 0 spiro atoms. The number of alkyl halides is 1. The van der Waals surface area contributed by atoms with Crippen LogP contribution in [0.15, 0.2) is 112 Å². The van der Waals surface area contributed by atoms with E-state index in [1.54, 1.807) is 83.3 Å². The van der Waals surface area contributed by atoms with Crippen molar-refractivity contribution in [2.45, 2.75) is 59.3 Å². The Labute approximate surface area is 508 Å². The predicted octanol–water partition coefficient (Wildman–Crippen LogP) is 19.5. The molecule has 2 atom stereocenters. The van der Waals surface area contributed by atoms with Gasteiger partial charge >= 0.3 is 25.2 Å². The standard InChI is InChI=1S/C15H16Cl2O2SSi.C12H8Cl2O2S.C7H7BrO2S.C7H7ClO2S.C7H5ClO.CH3F.2CH4.ClH.Cu/c1-21(2,3)19-14(10-5-4-6-11(16)7-10)15-13(17)8-12(9-18)20-15;13-8-3-1-2-7(4-8)11(16)12-10(14)5-9(6-15)17-12;2*8-5-3-6(11-4-5)7-9-1-2-10-7;8-7-3-1-2-6(4-7)5-9;1-2;;;;/h4-9,14H,1-3H3;1-6,11,16H;2*3-4,7H,1-2H2;1-5H;1H3;2*1H4;1H;/q;;;;;;;;;+1/p-1/i;;;;;1D;;;;. The first kappa shape index (κ1) is 69.5. The number of carbonyl (C=O) groups excluding carboxylic acids is 3. The number of benzene rings is 3. The molecule has 6 heterocycles. The molecule has 0 amide bonds. The summed E-state index contributed by atoms with van der Waals surface area (Å²) in [5.41, 5.74) is 2.22. The SMILES string of the molecule is Brc1csc(C2OCCO2)c1.C.C.C[Si](C)(C)OC(c1cccc(Cl)c1)c1sc(C=O)cc1Cl.Clc1csc(C2OCCO2)c1.O=Cc1cc(Cl)c(C(O)c2cccc(Cl)c2)s1.O=Cc1cccc(Cl)c1.[2H]CF.[Cl][Cu]. The number of aldehydes is 3. The van der Waals surface area contributed by atoms with Gasteiger partial charge in [-0.15, -0.1) is 45.3 Å². The van der Waals surface area contributed by atoms with Crippen molar-refractivity contribution in [3.8, 4) is 0 Å². The third kappa shape index (κ3) is 25.2. The molecule has 0 aliphatic carbocycles. The molecule has 2 fully saturated rings. The second kappa shape index (κ2) is 38.1. The van der Waals surface area contributed by atoms with E-state index in [-0.39, 0.29) is 33.5 Å². The van der Waals surface area contributed by atoms with E-state index in [1.807, 2.05) is 47.2 Å². The van der Waals surface area contributed by atoms with Crippen LogP contribution in [0.4, 0.5) is 4.39 Å². The van der Waals surface area contributed by atoms with Crippen LogP contribution < -0.4 is 0 Å². The minimum absolute atomic E-state index is 0. The molecule has 2 aliphatic heterocycles. The fourth-order valence-corrected chi connectivity index (χ4v) is 12.7. The summed E-state index contributed by atoms with van der Waals surface area (Å²) in [6.45, 7) is 9.13. The fraction of sp³-hybridized carbons (Fsp3) is 0.275. The summed E-state index contributed by atoms with van der Waals surface area (Å²) < 4.78 is 44.1. The van der Waals surface area contributed by atoms with Gasteiger partial charge in [0.05, 0.1) is 79.3 Å². The number of hydrogen-bond donors (Lipinski definition) is 1. The zero-order valence-electron chi connectivity index (χ0n) is 39.5. The number of hydrogen-bond acceptors (Lipinski definition) is 13. The molecule has 9 nitrogen and oxygen atoms in total. The monoisotopic (exact) mass is 1370 g/mol. The van der Waals surface area contributed by atoms with E-state index in [4.69, 9.17) is 94.3 Å². The molecule has 3 aromatic carbocycles. The van der Waals surface area contributed by atoms with Crippen molar-refractivity contribution < 1.29 is 63.7 Å². The van der Waals surface area contributed by atoms with Crippen molar-refractivity contribution in [1.82, 2.24) is 0 Å². The molecule has 75 heavy (non-hydrogen) atoms. The zero-order chi connectivity index (χ0) is 54.8. The van der Waals surface area contributed by atoms with Crippen LogP contribution >= 0.6 is 141 Å². The maximum absolute atomic E-state index is 11.0. The number of rotatable bonds is 11. The van der Waals surface area contributed by atoms with Crippen molar-refractivity contribution in [1.29, 1.82) is 0 Å². The van der Waals surface area contributed by atoms with E-state index >= 15 is 0 Å². The van der Waals surface area contributed by atoms with Gasteiger partial charge in [0.2, 0.25) is 0 Å². The van der Waals surface area contributed by atoms with E-state index in [0.29, 0.717) is 83.6 Å². The van der Waals surface area contributed by atoms with Gasteiger partial charge in [-0.2, -0.15) is 0 Å². The van der Waals surface area contributed by atoms with Gasteiger partial charge in [-0.3, -0.25) is 18.8 Å². The number of aliphatic hydroxyl groups excluding tert-OH is 1. The molecule has 2 unspecified atom stereocenters. The zero-order valence-corrected chi connectivity index (χ0v) is 50.6. The van der Waals surface area contributed by atoms with Gasteiger partial charge in [-0.1, -0.05) is 121 Å². The van der Waals surface area contributed by atoms with Gasteiger partial charge in [0, 0.05) is 35.9 Å². The Kier molecular flexibility index (Phi) is 35.3. The van der Waals surface area contributed by atoms with Gasteiger partial charge in [-0.05, 0) is 107 Å². The van der Waals surface area contributed by atoms with Gasteiger partial charge in [-0.25, -0.2) is 0 Å². The normalized spacial score (nSPS) is 13.6. The summed E-state index contributed by atoms with van der Waals surface area (Å²) in [5.74, 6) is 0. The minimum atomic E-state index is -1.81. The molecular formula is C51H54BrCl7CuFO9S4Si. The second-order valence-corrected chi connectivity index (χ2v) is 27.3. The molecule has 2 saturated heterocycles. The van der Waals surface area contributed by atoms with E-state index in [9.17, 15) is 23.9 Å². The molecule has 4 aromatic heterocycles. The average Bonchev–Trinajstić information content (AvgIpc) is 4.26. The Balaban J connectivity index is 0.000000475. The van der Waals surface area contributed by atoms with Crippen LogP contribution in [0.25, 0.3) is 0 Å². The molecule has 2 aliphatic rings. The van der Waals surface area contributed by atoms with E-state index < -0.39 is 21.6 Å².